The summed E-state index contributed by atoms with van der Waals surface area (Å²) in [4.78, 5) is 12.4. The van der Waals surface area contributed by atoms with E-state index < -0.39 is 0 Å². The first-order valence-corrected chi connectivity index (χ1v) is 8.66. The summed E-state index contributed by atoms with van der Waals surface area (Å²) in [6.45, 7) is 0.579. The highest BCUT2D eigenvalue weighted by Gasteiger charge is 2.15. The topological polar surface area (TPSA) is 73.0 Å². The number of hydrogen-bond acceptors (Lipinski definition) is 4. The van der Waals surface area contributed by atoms with E-state index in [1.165, 1.54) is 0 Å². The Morgan fingerprint density at radius 1 is 1.07 bits per heavy atom. The lowest BCUT2D eigenvalue weighted by Gasteiger charge is -2.02. The monoisotopic (exact) mass is 378 g/mol. The summed E-state index contributed by atoms with van der Waals surface area (Å²) in [5, 5.41) is 11.6. The standard InChI is InChI=1S/C20H15ClN4O2/c21-16-8-6-14(7-9-16)13-25-11-10-19(23-25)22-20(26)17-12-18(27-24-17)15-4-2-1-3-5-15/h1-12H,13H2,(H,22,23,26). The lowest BCUT2D eigenvalue weighted by molar-refractivity contribution is 0.101. The van der Waals surface area contributed by atoms with Gasteiger partial charge in [-0.15, -0.1) is 0 Å². The molecule has 0 radical (unpaired) electrons. The quantitative estimate of drug-likeness (QED) is 0.555. The zero-order valence-electron chi connectivity index (χ0n) is 14.2. The van der Waals surface area contributed by atoms with E-state index in [9.17, 15) is 4.79 Å². The number of amides is 1. The largest absolute Gasteiger partial charge is 0.355 e. The van der Waals surface area contributed by atoms with E-state index in [1.807, 2.05) is 54.6 Å². The van der Waals surface area contributed by atoms with Crippen molar-refractivity contribution < 1.29 is 9.32 Å². The van der Waals surface area contributed by atoms with Gasteiger partial charge in [-0.25, -0.2) is 0 Å². The molecule has 134 valence electrons. The molecule has 0 saturated carbocycles. The molecule has 0 aliphatic rings. The molecular formula is C20H15ClN4O2. The first-order valence-electron chi connectivity index (χ1n) is 8.29. The molecule has 2 aromatic carbocycles. The second-order valence-corrected chi connectivity index (χ2v) is 6.36. The Balaban J connectivity index is 1.42. The van der Waals surface area contributed by atoms with Crippen molar-refractivity contribution in [2.24, 2.45) is 0 Å². The molecule has 2 aromatic heterocycles. The fraction of sp³-hybridized carbons (Fsp3) is 0.0500. The third kappa shape index (κ3) is 4.07. The summed E-state index contributed by atoms with van der Waals surface area (Å²) in [7, 11) is 0. The summed E-state index contributed by atoms with van der Waals surface area (Å²) >= 11 is 5.89. The molecule has 6 nitrogen and oxygen atoms in total. The smallest absolute Gasteiger partial charge is 0.279 e. The molecule has 0 bridgehead atoms. The Labute approximate surface area is 160 Å². The molecule has 2 heterocycles. The van der Waals surface area contributed by atoms with Crippen molar-refractivity contribution in [2.75, 3.05) is 5.32 Å². The number of benzene rings is 2. The van der Waals surface area contributed by atoms with Gasteiger partial charge in [0.25, 0.3) is 5.91 Å². The molecule has 1 N–H and O–H groups in total. The van der Waals surface area contributed by atoms with Gasteiger partial charge < -0.3 is 9.84 Å². The summed E-state index contributed by atoms with van der Waals surface area (Å²) in [5.74, 6) is 0.602. The van der Waals surface area contributed by atoms with Gasteiger partial charge in [-0.2, -0.15) is 5.10 Å². The van der Waals surface area contributed by atoms with Crippen LogP contribution in [0.2, 0.25) is 5.02 Å². The van der Waals surface area contributed by atoms with Crippen molar-refractivity contribution in [3.63, 3.8) is 0 Å². The predicted octanol–water partition coefficient (Wildman–Crippen LogP) is 4.49. The molecular weight excluding hydrogens is 364 g/mol. The molecule has 7 heteroatoms. The van der Waals surface area contributed by atoms with Gasteiger partial charge in [0.15, 0.2) is 17.3 Å². The van der Waals surface area contributed by atoms with E-state index in [2.05, 4.69) is 15.6 Å². The third-order valence-electron chi connectivity index (χ3n) is 3.94. The van der Waals surface area contributed by atoms with Crippen LogP contribution in [0.15, 0.2) is 77.4 Å². The highest BCUT2D eigenvalue weighted by Crippen LogP contribution is 2.20. The van der Waals surface area contributed by atoms with Gasteiger partial charge in [-0.3, -0.25) is 9.48 Å². The van der Waals surface area contributed by atoms with E-state index >= 15 is 0 Å². The fourth-order valence-electron chi connectivity index (χ4n) is 2.59. The van der Waals surface area contributed by atoms with Gasteiger partial charge in [-0.05, 0) is 17.7 Å². The second-order valence-electron chi connectivity index (χ2n) is 5.92. The molecule has 0 spiro atoms. The highest BCUT2D eigenvalue weighted by atomic mass is 35.5. The number of rotatable bonds is 5. The van der Waals surface area contributed by atoms with Crippen LogP contribution in [-0.4, -0.2) is 20.8 Å². The van der Waals surface area contributed by atoms with Crippen LogP contribution in [0.25, 0.3) is 11.3 Å². The number of nitrogens with zero attached hydrogens (tertiary/aromatic N) is 3. The normalized spacial score (nSPS) is 10.7. The molecule has 0 saturated heterocycles. The van der Waals surface area contributed by atoms with Crippen molar-refractivity contribution in [2.45, 2.75) is 6.54 Å². The van der Waals surface area contributed by atoms with Crippen molar-refractivity contribution >= 4 is 23.3 Å². The van der Waals surface area contributed by atoms with Crippen LogP contribution in [0.4, 0.5) is 5.82 Å². The predicted molar refractivity (Wildman–Crippen MR) is 103 cm³/mol. The zero-order valence-corrected chi connectivity index (χ0v) is 14.9. The van der Waals surface area contributed by atoms with Crippen LogP contribution in [-0.2, 0) is 6.54 Å². The Morgan fingerprint density at radius 3 is 2.63 bits per heavy atom. The van der Waals surface area contributed by atoms with Gasteiger partial charge >= 0.3 is 0 Å². The van der Waals surface area contributed by atoms with Crippen molar-refractivity contribution in [1.29, 1.82) is 0 Å². The van der Waals surface area contributed by atoms with E-state index in [0.717, 1.165) is 11.1 Å². The highest BCUT2D eigenvalue weighted by molar-refractivity contribution is 6.30. The molecule has 1 amide bonds. The van der Waals surface area contributed by atoms with Crippen LogP contribution < -0.4 is 5.32 Å². The molecule has 27 heavy (non-hydrogen) atoms. The lowest BCUT2D eigenvalue weighted by atomic mass is 10.1. The maximum Gasteiger partial charge on any atom is 0.279 e. The number of carbonyl (C=O) groups excluding carboxylic acids is 1. The van der Waals surface area contributed by atoms with E-state index in [-0.39, 0.29) is 11.6 Å². The van der Waals surface area contributed by atoms with Crippen LogP contribution >= 0.6 is 11.6 Å². The molecule has 0 unspecified atom stereocenters. The van der Waals surface area contributed by atoms with E-state index in [4.69, 9.17) is 16.1 Å². The maximum absolute atomic E-state index is 12.4. The number of nitrogens with one attached hydrogen (secondary N) is 1. The minimum Gasteiger partial charge on any atom is -0.355 e. The fourth-order valence-corrected chi connectivity index (χ4v) is 2.72. The Morgan fingerprint density at radius 2 is 1.85 bits per heavy atom. The third-order valence-corrected chi connectivity index (χ3v) is 4.19. The van der Waals surface area contributed by atoms with Crippen molar-refractivity contribution in [1.82, 2.24) is 14.9 Å². The van der Waals surface area contributed by atoms with Gasteiger partial charge in [0.1, 0.15) is 0 Å². The van der Waals surface area contributed by atoms with Gasteiger partial charge in [0.05, 0.1) is 6.54 Å². The molecule has 0 atom stereocenters. The Hall–Kier alpha value is -3.38. The second kappa shape index (κ2) is 7.47. The number of anilines is 1. The summed E-state index contributed by atoms with van der Waals surface area (Å²) < 4.78 is 6.99. The van der Waals surface area contributed by atoms with Crippen molar-refractivity contribution in [3.8, 4) is 11.3 Å². The summed E-state index contributed by atoms with van der Waals surface area (Å²) in [5.41, 5.74) is 2.11. The number of hydrogen-bond donors (Lipinski definition) is 1. The maximum atomic E-state index is 12.4. The number of aromatic nitrogens is 3. The number of halogens is 1. The van der Waals surface area contributed by atoms with Gasteiger partial charge in [-0.1, -0.05) is 59.2 Å². The SMILES string of the molecule is O=C(Nc1ccn(Cc2ccc(Cl)cc2)n1)c1cc(-c2ccccc2)on1. The minimum absolute atomic E-state index is 0.195. The Bertz CT molecular complexity index is 1060. The first-order chi connectivity index (χ1) is 13.2. The van der Waals surface area contributed by atoms with Crippen LogP contribution in [0.1, 0.15) is 16.1 Å². The van der Waals surface area contributed by atoms with Crippen LogP contribution in [0, 0.1) is 0 Å². The van der Waals surface area contributed by atoms with Gasteiger partial charge in [0.2, 0.25) is 0 Å². The van der Waals surface area contributed by atoms with Crippen LogP contribution in [0.3, 0.4) is 0 Å². The first kappa shape index (κ1) is 17.1. The lowest BCUT2D eigenvalue weighted by Crippen LogP contribution is -2.13. The summed E-state index contributed by atoms with van der Waals surface area (Å²) in [6, 6.07) is 20.3. The minimum atomic E-state index is -0.377. The zero-order chi connectivity index (χ0) is 18.6. The average molecular weight is 379 g/mol. The molecule has 0 aliphatic heterocycles. The molecule has 0 fully saturated rings. The average Bonchev–Trinajstić information content (AvgIpc) is 3.34. The molecule has 4 rings (SSSR count). The number of carbonyl (C=O) groups is 1. The summed E-state index contributed by atoms with van der Waals surface area (Å²) in [6.07, 6.45) is 1.79. The molecule has 0 aliphatic carbocycles. The van der Waals surface area contributed by atoms with Gasteiger partial charge in [0, 0.05) is 28.9 Å². The molecule has 4 aromatic rings. The Kier molecular flexibility index (Phi) is 4.72. The van der Waals surface area contributed by atoms with Crippen molar-refractivity contribution in [3.05, 3.63) is 89.2 Å². The van der Waals surface area contributed by atoms with Crippen LogP contribution in [0.5, 0.6) is 0 Å². The van der Waals surface area contributed by atoms with E-state index in [0.29, 0.717) is 23.1 Å². The van der Waals surface area contributed by atoms with E-state index in [1.54, 1.807) is 23.0 Å².